The van der Waals surface area contributed by atoms with Gasteiger partial charge in [0.15, 0.2) is 0 Å². The van der Waals surface area contributed by atoms with Gasteiger partial charge in [-0.1, -0.05) is 18.2 Å². The van der Waals surface area contributed by atoms with Crippen molar-refractivity contribution in [2.75, 3.05) is 20.6 Å². The minimum absolute atomic E-state index is 0.236. The van der Waals surface area contributed by atoms with Crippen LogP contribution in [-0.2, 0) is 16.4 Å². The van der Waals surface area contributed by atoms with Crippen molar-refractivity contribution in [1.29, 1.82) is 0 Å². The average molecular weight is 386 g/mol. The number of benzene rings is 1. The first-order valence-electron chi connectivity index (χ1n) is 8.30. The maximum Gasteiger partial charge on any atom is 0.270 e. The zero-order valence-electron chi connectivity index (χ0n) is 14.6. The minimum Gasteiger partial charge on any atom is -0.309 e. The molecule has 4 rings (SSSR count). The lowest BCUT2D eigenvalue weighted by molar-refractivity contribution is 0.414. The van der Waals surface area contributed by atoms with Gasteiger partial charge in [-0.15, -0.1) is 11.3 Å². The van der Waals surface area contributed by atoms with Gasteiger partial charge >= 0.3 is 0 Å². The first-order chi connectivity index (χ1) is 12.5. The Bertz CT molecular complexity index is 1180. The summed E-state index contributed by atoms with van der Waals surface area (Å²) in [6.07, 6.45) is 4.19. The van der Waals surface area contributed by atoms with E-state index in [1.54, 1.807) is 24.5 Å². The molecule has 0 fully saturated rings. The highest BCUT2D eigenvalue weighted by Gasteiger charge is 2.24. The largest absolute Gasteiger partial charge is 0.309 e. The number of para-hydroxylation sites is 1. The predicted octanol–water partition coefficient (Wildman–Crippen LogP) is 3.59. The third-order valence-corrected chi connectivity index (χ3v) is 7.14. The topological polar surface area (TPSA) is 55.2 Å². The van der Waals surface area contributed by atoms with Crippen LogP contribution in [0.4, 0.5) is 0 Å². The van der Waals surface area contributed by atoms with E-state index in [9.17, 15) is 8.42 Å². The summed E-state index contributed by atoms with van der Waals surface area (Å²) in [6.45, 7) is 0.866. The van der Waals surface area contributed by atoms with Crippen molar-refractivity contribution >= 4 is 42.5 Å². The summed E-state index contributed by atoms with van der Waals surface area (Å²) < 4.78 is 28.3. The molecular formula is C19H19N3O2S2. The number of fused-ring (bicyclic) bond motifs is 2. The van der Waals surface area contributed by atoms with Gasteiger partial charge in [0.25, 0.3) is 10.0 Å². The van der Waals surface area contributed by atoms with Gasteiger partial charge in [0.2, 0.25) is 0 Å². The van der Waals surface area contributed by atoms with Crippen molar-refractivity contribution in [3.8, 4) is 0 Å². The van der Waals surface area contributed by atoms with Gasteiger partial charge in [-0.3, -0.25) is 4.98 Å². The summed E-state index contributed by atoms with van der Waals surface area (Å²) in [7, 11) is 0.300. The first-order valence-corrected chi connectivity index (χ1v) is 10.6. The van der Waals surface area contributed by atoms with Crippen LogP contribution in [0.2, 0.25) is 0 Å². The highest BCUT2D eigenvalue weighted by molar-refractivity contribution is 7.90. The van der Waals surface area contributed by atoms with E-state index in [1.807, 2.05) is 43.7 Å². The van der Waals surface area contributed by atoms with Crippen LogP contribution in [0.3, 0.4) is 0 Å². The van der Waals surface area contributed by atoms with Crippen LogP contribution in [-0.4, -0.2) is 42.9 Å². The highest BCUT2D eigenvalue weighted by Crippen LogP contribution is 2.32. The second-order valence-corrected chi connectivity index (χ2v) is 9.16. The molecule has 0 aliphatic rings. The quantitative estimate of drug-likeness (QED) is 0.527. The molecule has 5 nitrogen and oxygen atoms in total. The lowest BCUT2D eigenvalue weighted by Crippen LogP contribution is -2.15. The Morgan fingerprint density at radius 3 is 2.77 bits per heavy atom. The van der Waals surface area contributed by atoms with Crippen LogP contribution in [0.15, 0.2) is 59.1 Å². The van der Waals surface area contributed by atoms with E-state index in [0.29, 0.717) is 5.52 Å². The Morgan fingerprint density at radius 2 is 1.96 bits per heavy atom. The van der Waals surface area contributed by atoms with E-state index in [4.69, 9.17) is 0 Å². The van der Waals surface area contributed by atoms with Gasteiger partial charge in [0.05, 0.1) is 5.52 Å². The second kappa shape index (κ2) is 6.50. The Morgan fingerprint density at radius 1 is 1.15 bits per heavy atom. The number of rotatable bonds is 5. The van der Waals surface area contributed by atoms with Crippen molar-refractivity contribution in [2.45, 2.75) is 11.3 Å². The molecule has 0 atom stereocenters. The molecule has 0 unspecified atom stereocenters. The molecule has 0 aliphatic carbocycles. The lowest BCUT2D eigenvalue weighted by atomic mass is 10.2. The van der Waals surface area contributed by atoms with Crippen LogP contribution >= 0.6 is 11.3 Å². The van der Waals surface area contributed by atoms with Crippen molar-refractivity contribution in [3.05, 3.63) is 59.7 Å². The van der Waals surface area contributed by atoms with Crippen molar-refractivity contribution in [3.63, 3.8) is 0 Å². The Hall–Kier alpha value is -2.22. The maximum atomic E-state index is 13.4. The van der Waals surface area contributed by atoms with Gasteiger partial charge in [-0.25, -0.2) is 12.4 Å². The zero-order valence-corrected chi connectivity index (χ0v) is 16.2. The first kappa shape index (κ1) is 17.2. The third kappa shape index (κ3) is 2.82. The monoisotopic (exact) mass is 385 g/mol. The van der Waals surface area contributed by atoms with Crippen molar-refractivity contribution < 1.29 is 8.42 Å². The summed E-state index contributed by atoms with van der Waals surface area (Å²) >= 11 is 1.45. The molecule has 0 saturated carbocycles. The predicted molar refractivity (Wildman–Crippen MR) is 106 cm³/mol. The van der Waals surface area contributed by atoms with Gasteiger partial charge in [-0.2, -0.15) is 0 Å². The highest BCUT2D eigenvalue weighted by atomic mass is 32.2. The van der Waals surface area contributed by atoms with E-state index < -0.39 is 10.0 Å². The summed E-state index contributed by atoms with van der Waals surface area (Å²) in [5.74, 6) is 0. The molecule has 7 heteroatoms. The molecule has 0 amide bonds. The molecule has 1 aromatic carbocycles. The summed E-state index contributed by atoms with van der Waals surface area (Å²) in [4.78, 5) is 7.40. The minimum atomic E-state index is -3.73. The average Bonchev–Trinajstić information content (AvgIpc) is 3.22. The van der Waals surface area contributed by atoms with E-state index in [0.717, 1.165) is 34.1 Å². The normalized spacial score (nSPS) is 12.4. The number of aromatic nitrogens is 2. The number of hydrogen-bond donors (Lipinski definition) is 0. The molecule has 0 saturated heterocycles. The second-order valence-electron chi connectivity index (χ2n) is 6.48. The van der Waals surface area contributed by atoms with Crippen LogP contribution in [0.5, 0.6) is 0 Å². The van der Waals surface area contributed by atoms with Gasteiger partial charge in [0, 0.05) is 29.7 Å². The molecule has 26 heavy (non-hydrogen) atoms. The smallest absolute Gasteiger partial charge is 0.270 e. The standard InChI is InChI=1S/C19H19N3O2S2/c1-21(2)11-8-15-13-22(19-16(15)9-12-25-19)26(23,24)17-7-3-5-14-6-4-10-20-18(14)17/h3-7,9-10,12-13H,8,11H2,1-2H3. The molecule has 0 aliphatic heterocycles. The number of hydrogen-bond acceptors (Lipinski definition) is 5. The van der Waals surface area contributed by atoms with Crippen LogP contribution < -0.4 is 0 Å². The number of nitrogens with zero attached hydrogens (tertiary/aromatic N) is 3. The maximum absolute atomic E-state index is 13.4. The molecule has 3 aromatic heterocycles. The zero-order chi connectivity index (χ0) is 18.3. The summed E-state index contributed by atoms with van der Waals surface area (Å²) in [5.41, 5.74) is 1.55. The third-order valence-electron chi connectivity index (χ3n) is 4.42. The lowest BCUT2D eigenvalue weighted by Gasteiger charge is -2.09. The van der Waals surface area contributed by atoms with E-state index in [2.05, 4.69) is 9.88 Å². The molecule has 3 heterocycles. The Balaban J connectivity index is 1.90. The molecule has 0 spiro atoms. The SMILES string of the molecule is CN(C)CCc1cn(S(=O)(=O)c2cccc3cccnc23)c2sccc12. The van der Waals surface area contributed by atoms with E-state index >= 15 is 0 Å². The van der Waals surface area contributed by atoms with E-state index in [-0.39, 0.29) is 4.90 Å². The van der Waals surface area contributed by atoms with Crippen LogP contribution in [0.1, 0.15) is 5.56 Å². The van der Waals surface area contributed by atoms with Crippen LogP contribution in [0.25, 0.3) is 21.1 Å². The Kier molecular flexibility index (Phi) is 4.30. The molecule has 0 N–H and O–H groups in total. The fraction of sp³-hybridized carbons (Fsp3) is 0.211. The fourth-order valence-corrected chi connectivity index (χ4v) is 5.80. The van der Waals surface area contributed by atoms with E-state index in [1.165, 1.54) is 15.3 Å². The van der Waals surface area contributed by atoms with Gasteiger partial charge in [0.1, 0.15) is 9.73 Å². The van der Waals surface area contributed by atoms with Crippen molar-refractivity contribution in [1.82, 2.24) is 13.9 Å². The van der Waals surface area contributed by atoms with Gasteiger partial charge in [-0.05, 0) is 49.7 Å². The molecular weight excluding hydrogens is 366 g/mol. The summed E-state index contributed by atoms with van der Waals surface area (Å²) in [5, 5.41) is 3.77. The number of thiophene rings is 1. The van der Waals surface area contributed by atoms with Gasteiger partial charge < -0.3 is 4.90 Å². The van der Waals surface area contributed by atoms with Crippen LogP contribution in [0, 0.1) is 0 Å². The molecule has 0 radical (unpaired) electrons. The number of likely N-dealkylation sites (N-methyl/N-ethyl adjacent to an activating group) is 1. The molecule has 4 aromatic rings. The fourth-order valence-electron chi connectivity index (χ4n) is 3.10. The molecule has 0 bridgehead atoms. The Labute approximate surface area is 156 Å². The number of pyridine rings is 1. The molecule has 134 valence electrons. The van der Waals surface area contributed by atoms with Crippen molar-refractivity contribution in [2.24, 2.45) is 0 Å². The summed E-state index contributed by atoms with van der Waals surface area (Å²) in [6, 6.07) is 11.0.